The summed E-state index contributed by atoms with van der Waals surface area (Å²) in [7, 11) is 0. The molecule has 0 amide bonds. The minimum absolute atomic E-state index is 0.751. The van der Waals surface area contributed by atoms with E-state index in [9.17, 15) is 0 Å². The smallest absolute Gasteiger partial charge is 0.0201 e. The summed E-state index contributed by atoms with van der Waals surface area (Å²) in [6, 6.07) is 0. The van der Waals surface area contributed by atoms with E-state index in [2.05, 4.69) is 32.9 Å². The lowest BCUT2D eigenvalue weighted by Gasteiger charge is -2.21. The Morgan fingerprint density at radius 2 is 2.27 bits per heavy atom. The van der Waals surface area contributed by atoms with E-state index in [1.54, 1.807) is 0 Å². The van der Waals surface area contributed by atoms with Crippen LogP contribution < -0.4 is 0 Å². The molecule has 1 heterocycles. The van der Waals surface area contributed by atoms with Crippen LogP contribution in [-0.4, -0.2) is 16.2 Å². The van der Waals surface area contributed by atoms with Crippen LogP contribution in [0.3, 0.4) is 0 Å². The molecule has 1 saturated heterocycles. The van der Waals surface area contributed by atoms with Crippen molar-refractivity contribution in [2.45, 2.75) is 32.6 Å². The van der Waals surface area contributed by atoms with Gasteiger partial charge in [0.05, 0.1) is 0 Å². The highest BCUT2D eigenvalue weighted by Gasteiger charge is 2.41. The van der Waals surface area contributed by atoms with Gasteiger partial charge in [-0.3, -0.25) is 0 Å². The van der Waals surface area contributed by atoms with Crippen LogP contribution in [0, 0.1) is 11.3 Å². The Bertz CT molecular complexity index is 140. The summed E-state index contributed by atoms with van der Waals surface area (Å²) >= 11 is 2.47. The zero-order valence-corrected chi connectivity index (χ0v) is 9.30. The van der Waals surface area contributed by atoms with Gasteiger partial charge in [0.2, 0.25) is 0 Å². The first-order valence-electron chi connectivity index (χ1n) is 4.61. The van der Waals surface area contributed by atoms with E-state index in [1.165, 1.54) is 38.8 Å². The van der Waals surface area contributed by atoms with Crippen molar-refractivity contribution >= 4 is 22.9 Å². The topological polar surface area (TPSA) is 3.24 Å². The fourth-order valence-corrected chi connectivity index (χ4v) is 3.71. The van der Waals surface area contributed by atoms with E-state index < -0.39 is 0 Å². The Labute approximate surface area is 83.0 Å². The molecule has 0 aromatic rings. The Balaban J connectivity index is 2.02. The molecule has 2 heteroatoms. The lowest BCUT2D eigenvalue weighted by molar-refractivity contribution is 0.312. The van der Waals surface area contributed by atoms with Gasteiger partial charge >= 0.3 is 0 Å². The molecule has 0 aromatic heterocycles. The van der Waals surface area contributed by atoms with Crippen molar-refractivity contribution in [3.05, 3.63) is 0 Å². The third-order valence-corrected chi connectivity index (χ3v) is 4.16. The van der Waals surface area contributed by atoms with Crippen LogP contribution >= 0.6 is 22.9 Å². The zero-order chi connectivity index (χ0) is 7.90. The highest BCUT2D eigenvalue weighted by Crippen LogP contribution is 2.48. The predicted molar refractivity (Wildman–Crippen MR) is 55.7 cm³/mol. The maximum atomic E-state index is 2.47. The van der Waals surface area contributed by atoms with Crippen molar-refractivity contribution in [2.75, 3.05) is 13.1 Å². The van der Waals surface area contributed by atoms with Crippen molar-refractivity contribution in [1.82, 2.24) is 3.11 Å². The molecular formula is C9H16IN. The monoisotopic (exact) mass is 265 g/mol. The summed E-state index contributed by atoms with van der Waals surface area (Å²) < 4.78 is 2.47. The molecule has 1 saturated carbocycles. The molecular weight excluding hydrogens is 249 g/mol. The molecule has 11 heavy (non-hydrogen) atoms. The number of hydrogen-bond acceptors (Lipinski definition) is 1. The average Bonchev–Trinajstić information content (AvgIpc) is 2.44. The molecule has 1 spiro atoms. The van der Waals surface area contributed by atoms with Crippen molar-refractivity contribution in [2.24, 2.45) is 11.3 Å². The number of hydrogen-bond donors (Lipinski definition) is 0. The van der Waals surface area contributed by atoms with Crippen molar-refractivity contribution in [1.29, 1.82) is 0 Å². The van der Waals surface area contributed by atoms with Crippen molar-refractivity contribution < 1.29 is 0 Å². The first-order valence-corrected chi connectivity index (χ1v) is 5.57. The molecule has 64 valence electrons. The van der Waals surface area contributed by atoms with Crippen LogP contribution in [0.1, 0.15) is 32.6 Å². The molecule has 2 fully saturated rings. The second-order valence-electron chi connectivity index (χ2n) is 4.44. The number of halogens is 1. The zero-order valence-electron chi connectivity index (χ0n) is 7.15. The van der Waals surface area contributed by atoms with Gasteiger partial charge in [-0.1, -0.05) is 13.3 Å². The van der Waals surface area contributed by atoms with Gasteiger partial charge in [0.25, 0.3) is 0 Å². The molecule has 1 aliphatic carbocycles. The van der Waals surface area contributed by atoms with E-state index in [0.717, 1.165) is 11.3 Å². The Morgan fingerprint density at radius 1 is 1.45 bits per heavy atom. The van der Waals surface area contributed by atoms with Crippen LogP contribution in [0.25, 0.3) is 0 Å². The predicted octanol–water partition coefficient (Wildman–Crippen LogP) is 2.85. The summed E-state index contributed by atoms with van der Waals surface area (Å²) in [5.74, 6) is 0.998. The highest BCUT2D eigenvalue weighted by atomic mass is 127. The molecule has 2 unspecified atom stereocenters. The maximum absolute atomic E-state index is 2.47. The van der Waals surface area contributed by atoms with E-state index in [4.69, 9.17) is 0 Å². The van der Waals surface area contributed by atoms with Crippen molar-refractivity contribution in [3.63, 3.8) is 0 Å². The summed E-state index contributed by atoms with van der Waals surface area (Å²) in [5, 5.41) is 0. The maximum Gasteiger partial charge on any atom is 0.0201 e. The van der Waals surface area contributed by atoms with Gasteiger partial charge in [-0.15, -0.1) is 0 Å². The Morgan fingerprint density at radius 3 is 2.73 bits per heavy atom. The molecule has 0 bridgehead atoms. The minimum atomic E-state index is 0.751. The molecule has 0 aromatic carbocycles. The summed E-state index contributed by atoms with van der Waals surface area (Å²) in [5.41, 5.74) is 0.751. The van der Waals surface area contributed by atoms with Gasteiger partial charge in [-0.25, -0.2) is 3.11 Å². The lowest BCUT2D eigenvalue weighted by Crippen LogP contribution is -2.19. The standard InChI is InChI=1S/C9H16IN/c1-8-2-3-9(6-8)4-5-11(10)7-9/h8H,2-7H2,1H3. The molecule has 2 rings (SSSR count). The lowest BCUT2D eigenvalue weighted by atomic mass is 9.85. The second-order valence-corrected chi connectivity index (χ2v) is 5.81. The van der Waals surface area contributed by atoms with Crippen LogP contribution in [0.5, 0.6) is 0 Å². The van der Waals surface area contributed by atoms with Gasteiger partial charge in [0, 0.05) is 36.0 Å². The molecule has 0 N–H and O–H groups in total. The fraction of sp³-hybridized carbons (Fsp3) is 1.00. The summed E-state index contributed by atoms with van der Waals surface area (Å²) in [6.45, 7) is 5.09. The van der Waals surface area contributed by atoms with E-state index in [0.29, 0.717) is 0 Å². The van der Waals surface area contributed by atoms with Crippen molar-refractivity contribution in [3.8, 4) is 0 Å². The number of rotatable bonds is 0. The van der Waals surface area contributed by atoms with Gasteiger partial charge < -0.3 is 0 Å². The normalized spacial score (nSPS) is 45.8. The largest absolute Gasteiger partial charge is 0.247 e. The van der Waals surface area contributed by atoms with E-state index in [1.807, 2.05) is 0 Å². The molecule has 1 aliphatic heterocycles. The number of nitrogens with zero attached hydrogens (tertiary/aromatic N) is 1. The van der Waals surface area contributed by atoms with E-state index >= 15 is 0 Å². The van der Waals surface area contributed by atoms with Gasteiger partial charge in [0.1, 0.15) is 0 Å². The third kappa shape index (κ3) is 1.57. The molecule has 2 aliphatic rings. The first kappa shape index (κ1) is 8.30. The fourth-order valence-electron chi connectivity index (χ4n) is 2.75. The highest BCUT2D eigenvalue weighted by molar-refractivity contribution is 14.1. The van der Waals surface area contributed by atoms with Gasteiger partial charge in [-0.05, 0) is 30.6 Å². The van der Waals surface area contributed by atoms with Gasteiger partial charge in [0.15, 0.2) is 0 Å². The Hall–Kier alpha value is 0.690. The van der Waals surface area contributed by atoms with Gasteiger partial charge in [-0.2, -0.15) is 0 Å². The first-order chi connectivity index (χ1) is 5.20. The summed E-state index contributed by atoms with van der Waals surface area (Å²) in [6.07, 6.45) is 5.92. The SMILES string of the molecule is CC1CCC2(CCN(I)C2)C1. The molecule has 2 atom stereocenters. The molecule has 0 radical (unpaired) electrons. The molecule has 1 nitrogen and oxygen atoms in total. The van der Waals surface area contributed by atoms with Crippen LogP contribution in [0.2, 0.25) is 0 Å². The summed E-state index contributed by atoms with van der Waals surface area (Å²) in [4.78, 5) is 0. The quantitative estimate of drug-likeness (QED) is 0.481. The van der Waals surface area contributed by atoms with Crippen LogP contribution in [0.4, 0.5) is 0 Å². The minimum Gasteiger partial charge on any atom is -0.247 e. The van der Waals surface area contributed by atoms with Crippen LogP contribution in [-0.2, 0) is 0 Å². The third-order valence-electron chi connectivity index (χ3n) is 3.34. The Kier molecular flexibility index (Phi) is 2.17. The second kappa shape index (κ2) is 2.87. The average molecular weight is 265 g/mol. The van der Waals surface area contributed by atoms with E-state index in [-0.39, 0.29) is 0 Å². The van der Waals surface area contributed by atoms with Crippen LogP contribution in [0.15, 0.2) is 0 Å².